The number of carbonyl (C=O) groups excluding carboxylic acids is 2. The summed E-state index contributed by atoms with van der Waals surface area (Å²) in [5.41, 5.74) is 4.03. The predicted molar refractivity (Wildman–Crippen MR) is 135 cm³/mol. The van der Waals surface area contributed by atoms with Gasteiger partial charge in [0.1, 0.15) is 6.54 Å². The molecule has 0 radical (unpaired) electrons. The Labute approximate surface area is 203 Å². The fourth-order valence-electron chi connectivity index (χ4n) is 4.56. The van der Waals surface area contributed by atoms with Crippen LogP contribution < -0.4 is 9.47 Å². The molecule has 3 rings (SSSR count). The monoisotopic (exact) mass is 466 g/mol. The standard InChI is InChI=1S/C28H38N2O4/c1-8-14-29(27(32)20-9-11-22(12-10-20)28(3,4)5)18-26(31)30-15-13-21-16-24(33-6)25(34-7)17-23(21)19(30)2/h9-12,16-17,19H,8,13-15,18H2,1-7H3. The van der Waals surface area contributed by atoms with Gasteiger partial charge in [-0.1, -0.05) is 39.8 Å². The van der Waals surface area contributed by atoms with Gasteiger partial charge in [0.15, 0.2) is 11.5 Å². The second-order valence-corrected chi connectivity index (χ2v) is 9.97. The Balaban J connectivity index is 1.77. The van der Waals surface area contributed by atoms with E-state index >= 15 is 0 Å². The summed E-state index contributed by atoms with van der Waals surface area (Å²) >= 11 is 0. The minimum Gasteiger partial charge on any atom is -0.493 e. The van der Waals surface area contributed by atoms with Crippen LogP contribution in [0.3, 0.4) is 0 Å². The minimum atomic E-state index is -0.110. The summed E-state index contributed by atoms with van der Waals surface area (Å²) in [6.07, 6.45) is 1.52. The highest BCUT2D eigenvalue weighted by atomic mass is 16.5. The molecule has 2 aromatic rings. The van der Waals surface area contributed by atoms with Gasteiger partial charge in [-0.05, 0) is 66.1 Å². The Kier molecular flexibility index (Phi) is 7.90. The summed E-state index contributed by atoms with van der Waals surface area (Å²) < 4.78 is 10.9. The molecule has 34 heavy (non-hydrogen) atoms. The molecule has 1 unspecified atom stereocenters. The summed E-state index contributed by atoms with van der Waals surface area (Å²) in [6.45, 7) is 11.7. The first-order valence-corrected chi connectivity index (χ1v) is 12.0. The lowest BCUT2D eigenvalue weighted by Crippen LogP contribution is -2.46. The number of ether oxygens (including phenoxy) is 2. The van der Waals surface area contributed by atoms with Gasteiger partial charge in [-0.2, -0.15) is 0 Å². The average molecular weight is 467 g/mol. The molecule has 1 atom stereocenters. The Morgan fingerprint density at radius 3 is 2.24 bits per heavy atom. The van der Waals surface area contributed by atoms with Crippen molar-refractivity contribution in [1.82, 2.24) is 9.80 Å². The molecular weight excluding hydrogens is 428 g/mol. The average Bonchev–Trinajstić information content (AvgIpc) is 2.82. The van der Waals surface area contributed by atoms with Crippen LogP contribution in [0.2, 0.25) is 0 Å². The summed E-state index contributed by atoms with van der Waals surface area (Å²) in [6, 6.07) is 11.6. The summed E-state index contributed by atoms with van der Waals surface area (Å²) in [5, 5.41) is 0. The van der Waals surface area contributed by atoms with Gasteiger partial charge in [-0.3, -0.25) is 9.59 Å². The zero-order chi connectivity index (χ0) is 25.0. The maximum absolute atomic E-state index is 13.4. The van der Waals surface area contributed by atoms with Crippen molar-refractivity contribution < 1.29 is 19.1 Å². The molecule has 0 N–H and O–H groups in total. The topological polar surface area (TPSA) is 59.1 Å². The van der Waals surface area contributed by atoms with Gasteiger partial charge in [0.25, 0.3) is 5.91 Å². The van der Waals surface area contributed by atoms with E-state index in [1.54, 1.807) is 19.1 Å². The highest BCUT2D eigenvalue weighted by molar-refractivity contribution is 5.96. The predicted octanol–water partition coefficient (Wildman–Crippen LogP) is 5.00. The molecule has 2 amide bonds. The van der Waals surface area contributed by atoms with Crippen molar-refractivity contribution in [3.05, 3.63) is 58.7 Å². The van der Waals surface area contributed by atoms with E-state index in [1.807, 2.05) is 55.1 Å². The van der Waals surface area contributed by atoms with E-state index in [0.29, 0.717) is 30.2 Å². The Hall–Kier alpha value is -3.02. The fraction of sp³-hybridized carbons (Fsp3) is 0.500. The molecular formula is C28H38N2O4. The summed E-state index contributed by atoms with van der Waals surface area (Å²) in [5.74, 6) is 1.21. The third kappa shape index (κ3) is 5.37. The summed E-state index contributed by atoms with van der Waals surface area (Å²) in [7, 11) is 3.24. The molecule has 1 aliphatic heterocycles. The first-order valence-electron chi connectivity index (χ1n) is 12.0. The van der Waals surface area contributed by atoms with Crippen molar-refractivity contribution >= 4 is 11.8 Å². The number of hydrogen-bond acceptors (Lipinski definition) is 4. The lowest BCUT2D eigenvalue weighted by Gasteiger charge is -2.37. The number of hydrogen-bond donors (Lipinski definition) is 0. The summed E-state index contributed by atoms with van der Waals surface area (Å²) in [4.78, 5) is 30.2. The molecule has 0 aliphatic carbocycles. The number of rotatable bonds is 7. The first-order chi connectivity index (χ1) is 16.1. The Bertz CT molecular complexity index is 1020. The molecule has 0 fully saturated rings. The molecule has 0 saturated carbocycles. The first kappa shape index (κ1) is 25.6. The van der Waals surface area contributed by atoms with E-state index in [1.165, 1.54) is 5.56 Å². The number of fused-ring (bicyclic) bond motifs is 1. The molecule has 184 valence electrons. The Morgan fingerprint density at radius 1 is 1.06 bits per heavy atom. The van der Waals surface area contributed by atoms with Gasteiger partial charge < -0.3 is 19.3 Å². The number of nitrogens with zero attached hydrogens (tertiary/aromatic N) is 2. The maximum atomic E-state index is 13.4. The highest BCUT2D eigenvalue weighted by Gasteiger charge is 2.31. The molecule has 1 aliphatic rings. The second-order valence-electron chi connectivity index (χ2n) is 9.97. The van der Waals surface area contributed by atoms with Gasteiger partial charge in [0.05, 0.1) is 20.3 Å². The molecule has 2 aromatic carbocycles. The van der Waals surface area contributed by atoms with Gasteiger partial charge in [0, 0.05) is 18.7 Å². The molecule has 0 aromatic heterocycles. The van der Waals surface area contributed by atoms with Crippen molar-refractivity contribution in [3.63, 3.8) is 0 Å². The van der Waals surface area contributed by atoms with E-state index in [9.17, 15) is 9.59 Å². The zero-order valence-electron chi connectivity index (χ0n) is 21.6. The van der Waals surface area contributed by atoms with Crippen LogP contribution in [0, 0.1) is 0 Å². The van der Waals surface area contributed by atoms with E-state index in [0.717, 1.165) is 24.0 Å². The molecule has 6 nitrogen and oxygen atoms in total. The van der Waals surface area contributed by atoms with Crippen LogP contribution in [0.1, 0.15) is 74.1 Å². The van der Waals surface area contributed by atoms with Crippen LogP contribution in [0.25, 0.3) is 0 Å². The normalized spacial score (nSPS) is 15.5. The third-order valence-electron chi connectivity index (χ3n) is 6.61. The largest absolute Gasteiger partial charge is 0.493 e. The fourth-order valence-corrected chi connectivity index (χ4v) is 4.56. The SMILES string of the molecule is CCCN(CC(=O)N1CCc2cc(OC)c(OC)cc2C1C)C(=O)c1ccc(C(C)(C)C)cc1. The van der Waals surface area contributed by atoms with Crippen molar-refractivity contribution in [2.24, 2.45) is 0 Å². The second kappa shape index (κ2) is 10.5. The van der Waals surface area contributed by atoms with E-state index < -0.39 is 0 Å². The van der Waals surface area contributed by atoms with Gasteiger partial charge in [0.2, 0.25) is 5.91 Å². The van der Waals surface area contributed by atoms with E-state index in [2.05, 4.69) is 20.8 Å². The van der Waals surface area contributed by atoms with Crippen LogP contribution in [0.5, 0.6) is 11.5 Å². The quantitative estimate of drug-likeness (QED) is 0.576. The van der Waals surface area contributed by atoms with Gasteiger partial charge in [-0.25, -0.2) is 0 Å². The number of amides is 2. The van der Waals surface area contributed by atoms with Crippen LogP contribution >= 0.6 is 0 Å². The van der Waals surface area contributed by atoms with Crippen molar-refractivity contribution in [2.45, 2.75) is 58.9 Å². The maximum Gasteiger partial charge on any atom is 0.254 e. The molecule has 0 bridgehead atoms. The third-order valence-corrected chi connectivity index (χ3v) is 6.61. The lowest BCUT2D eigenvalue weighted by molar-refractivity contribution is -0.134. The highest BCUT2D eigenvalue weighted by Crippen LogP contribution is 2.38. The van der Waals surface area contributed by atoms with E-state index in [4.69, 9.17) is 9.47 Å². The van der Waals surface area contributed by atoms with Crippen molar-refractivity contribution in [2.75, 3.05) is 33.9 Å². The van der Waals surface area contributed by atoms with Gasteiger partial charge >= 0.3 is 0 Å². The minimum absolute atomic E-state index is 0.0219. The number of methoxy groups -OCH3 is 2. The lowest BCUT2D eigenvalue weighted by atomic mass is 9.86. The molecule has 0 spiro atoms. The van der Waals surface area contributed by atoms with Crippen LogP contribution in [-0.2, 0) is 16.6 Å². The zero-order valence-corrected chi connectivity index (χ0v) is 21.6. The molecule has 1 heterocycles. The van der Waals surface area contributed by atoms with Gasteiger partial charge in [-0.15, -0.1) is 0 Å². The Morgan fingerprint density at radius 2 is 1.68 bits per heavy atom. The van der Waals surface area contributed by atoms with Crippen LogP contribution in [-0.4, -0.2) is 55.5 Å². The van der Waals surface area contributed by atoms with Crippen LogP contribution in [0.15, 0.2) is 36.4 Å². The number of benzene rings is 2. The smallest absolute Gasteiger partial charge is 0.254 e. The molecule has 0 saturated heterocycles. The van der Waals surface area contributed by atoms with E-state index in [-0.39, 0.29) is 29.8 Å². The van der Waals surface area contributed by atoms with Crippen molar-refractivity contribution in [3.8, 4) is 11.5 Å². The van der Waals surface area contributed by atoms with Crippen LogP contribution in [0.4, 0.5) is 0 Å². The van der Waals surface area contributed by atoms with Crippen molar-refractivity contribution in [1.29, 1.82) is 0 Å². The molecule has 6 heteroatoms. The number of carbonyl (C=O) groups is 2.